The first kappa shape index (κ1) is 11.3. The van der Waals surface area contributed by atoms with E-state index in [1.54, 1.807) is 0 Å². The van der Waals surface area contributed by atoms with Gasteiger partial charge in [0.15, 0.2) is 0 Å². The molecule has 0 aliphatic carbocycles. The van der Waals surface area contributed by atoms with E-state index in [1.165, 1.54) is 0 Å². The van der Waals surface area contributed by atoms with Crippen LogP contribution < -0.4 is 0 Å². The molecule has 0 bridgehead atoms. The second-order valence-corrected chi connectivity index (χ2v) is 6.19. The Labute approximate surface area is 95.9 Å². The normalized spacial score (nSPS) is 49.4. The van der Waals surface area contributed by atoms with Crippen LogP contribution in [0.25, 0.3) is 0 Å². The molecular weight excluding hydrogens is 322 g/mol. The standard InChI is InChI=1S/C7H12IO5P/c8-7-2-1-5(12-7)6-3-4-11-14(9,10)13-6/h5-7H,1-4H2,(H,9,10). The van der Waals surface area contributed by atoms with Crippen LogP contribution in [0.1, 0.15) is 19.3 Å². The van der Waals surface area contributed by atoms with Crippen LogP contribution in [-0.4, -0.2) is 27.8 Å². The van der Waals surface area contributed by atoms with Crippen molar-refractivity contribution >= 4 is 30.4 Å². The van der Waals surface area contributed by atoms with Crippen LogP contribution in [0, 0.1) is 0 Å². The van der Waals surface area contributed by atoms with Gasteiger partial charge in [-0.05, 0) is 12.8 Å². The maximum Gasteiger partial charge on any atom is 0.472 e. The molecule has 2 rings (SSSR count). The summed E-state index contributed by atoms with van der Waals surface area (Å²) in [5.74, 6) is 0. The Morgan fingerprint density at radius 2 is 2.07 bits per heavy atom. The van der Waals surface area contributed by atoms with E-state index >= 15 is 0 Å². The van der Waals surface area contributed by atoms with Crippen molar-refractivity contribution in [3.63, 3.8) is 0 Å². The smallest absolute Gasteiger partial charge is 0.362 e. The van der Waals surface area contributed by atoms with Gasteiger partial charge in [0, 0.05) is 6.42 Å². The molecule has 1 N–H and O–H groups in total. The predicted molar refractivity (Wildman–Crippen MR) is 57.2 cm³/mol. The predicted octanol–water partition coefficient (Wildman–Crippen LogP) is 1.83. The number of rotatable bonds is 1. The van der Waals surface area contributed by atoms with E-state index in [1.807, 2.05) is 0 Å². The Morgan fingerprint density at radius 3 is 2.64 bits per heavy atom. The molecule has 0 radical (unpaired) electrons. The van der Waals surface area contributed by atoms with Crippen molar-refractivity contribution in [2.45, 2.75) is 35.6 Å². The minimum absolute atomic E-state index is 0.0544. The van der Waals surface area contributed by atoms with Gasteiger partial charge < -0.3 is 9.63 Å². The average Bonchev–Trinajstić information content (AvgIpc) is 2.50. The first-order valence-electron chi connectivity index (χ1n) is 4.52. The van der Waals surface area contributed by atoms with E-state index in [0.717, 1.165) is 12.8 Å². The molecule has 0 aromatic heterocycles. The Morgan fingerprint density at radius 1 is 1.29 bits per heavy atom. The highest BCUT2D eigenvalue weighted by molar-refractivity contribution is 14.1. The molecule has 0 spiro atoms. The summed E-state index contributed by atoms with van der Waals surface area (Å²) in [4.78, 5) is 9.12. The molecular formula is C7H12IO5P. The molecule has 2 fully saturated rings. The fraction of sp³-hybridized carbons (Fsp3) is 1.00. The van der Waals surface area contributed by atoms with Crippen molar-refractivity contribution in [1.29, 1.82) is 0 Å². The number of phosphoric ester groups is 1. The maximum absolute atomic E-state index is 11.1. The number of hydrogen-bond acceptors (Lipinski definition) is 4. The summed E-state index contributed by atoms with van der Waals surface area (Å²) in [5, 5.41) is 0. The molecule has 2 aliphatic heterocycles. The number of ether oxygens (including phenoxy) is 1. The first-order valence-corrected chi connectivity index (χ1v) is 7.26. The lowest BCUT2D eigenvalue weighted by molar-refractivity contribution is -0.0410. The molecule has 82 valence electrons. The van der Waals surface area contributed by atoms with Gasteiger partial charge in [-0.2, -0.15) is 0 Å². The third-order valence-corrected chi connectivity index (χ3v) is 4.30. The summed E-state index contributed by atoms with van der Waals surface area (Å²) in [6, 6.07) is 0. The van der Waals surface area contributed by atoms with E-state index in [9.17, 15) is 4.57 Å². The van der Waals surface area contributed by atoms with Gasteiger partial charge in [0.2, 0.25) is 0 Å². The van der Waals surface area contributed by atoms with Gasteiger partial charge in [-0.3, -0.25) is 9.05 Å². The van der Waals surface area contributed by atoms with Gasteiger partial charge in [0.25, 0.3) is 0 Å². The SMILES string of the molecule is O=P1(O)OCCC(C2CCC(I)O2)O1. The van der Waals surface area contributed by atoms with Gasteiger partial charge in [-0.25, -0.2) is 4.57 Å². The van der Waals surface area contributed by atoms with E-state index < -0.39 is 7.82 Å². The summed E-state index contributed by atoms with van der Waals surface area (Å²) in [7, 11) is -3.80. The Bertz CT molecular complexity index is 260. The van der Waals surface area contributed by atoms with Gasteiger partial charge in [0.1, 0.15) is 4.11 Å². The van der Waals surface area contributed by atoms with Crippen molar-refractivity contribution in [3.05, 3.63) is 0 Å². The van der Waals surface area contributed by atoms with Crippen LogP contribution in [0.3, 0.4) is 0 Å². The number of phosphoric acid groups is 1. The molecule has 14 heavy (non-hydrogen) atoms. The van der Waals surface area contributed by atoms with E-state index in [2.05, 4.69) is 27.1 Å². The largest absolute Gasteiger partial charge is 0.472 e. The zero-order valence-electron chi connectivity index (χ0n) is 7.47. The summed E-state index contributed by atoms with van der Waals surface area (Å²) < 4.78 is 26.5. The second kappa shape index (κ2) is 4.35. The van der Waals surface area contributed by atoms with Gasteiger partial charge in [0.05, 0.1) is 18.8 Å². The monoisotopic (exact) mass is 334 g/mol. The highest BCUT2D eigenvalue weighted by Crippen LogP contribution is 2.49. The van der Waals surface area contributed by atoms with Crippen molar-refractivity contribution in [2.75, 3.05) is 6.61 Å². The van der Waals surface area contributed by atoms with E-state index in [-0.39, 0.29) is 22.9 Å². The number of hydrogen-bond donors (Lipinski definition) is 1. The van der Waals surface area contributed by atoms with Crippen LogP contribution in [-0.2, 0) is 18.3 Å². The molecule has 2 saturated heterocycles. The number of alkyl halides is 1. The van der Waals surface area contributed by atoms with Crippen LogP contribution in [0.2, 0.25) is 0 Å². The topological polar surface area (TPSA) is 65.0 Å². The van der Waals surface area contributed by atoms with Crippen molar-refractivity contribution in [1.82, 2.24) is 0 Å². The Balaban J connectivity index is 1.95. The maximum atomic E-state index is 11.1. The zero-order valence-corrected chi connectivity index (χ0v) is 10.5. The third kappa shape index (κ3) is 2.68. The van der Waals surface area contributed by atoms with E-state index in [0.29, 0.717) is 6.42 Å². The lowest BCUT2D eigenvalue weighted by Gasteiger charge is -2.29. The minimum Gasteiger partial charge on any atom is -0.362 e. The van der Waals surface area contributed by atoms with E-state index in [4.69, 9.17) is 14.2 Å². The highest BCUT2D eigenvalue weighted by Gasteiger charge is 2.39. The lowest BCUT2D eigenvalue weighted by Crippen LogP contribution is -2.32. The van der Waals surface area contributed by atoms with Crippen LogP contribution in [0.15, 0.2) is 0 Å². The van der Waals surface area contributed by atoms with Crippen molar-refractivity contribution in [3.8, 4) is 0 Å². The van der Waals surface area contributed by atoms with Crippen molar-refractivity contribution < 1.29 is 23.2 Å². The Kier molecular flexibility index (Phi) is 3.51. The quantitative estimate of drug-likeness (QED) is 0.450. The summed E-state index contributed by atoms with van der Waals surface area (Å²) in [6.07, 6.45) is 2.14. The summed E-state index contributed by atoms with van der Waals surface area (Å²) in [5.41, 5.74) is 0. The molecule has 0 aromatic rings. The third-order valence-electron chi connectivity index (χ3n) is 2.34. The molecule has 0 saturated carbocycles. The minimum atomic E-state index is -3.80. The summed E-state index contributed by atoms with van der Waals surface area (Å²) in [6.45, 7) is 0.268. The second-order valence-electron chi connectivity index (χ2n) is 3.40. The van der Waals surface area contributed by atoms with Crippen LogP contribution in [0.5, 0.6) is 0 Å². The molecule has 2 aliphatic rings. The van der Waals surface area contributed by atoms with Crippen molar-refractivity contribution in [2.24, 2.45) is 0 Å². The average molecular weight is 334 g/mol. The molecule has 4 atom stereocenters. The highest BCUT2D eigenvalue weighted by atomic mass is 127. The van der Waals surface area contributed by atoms with Gasteiger partial charge in [-0.1, -0.05) is 22.6 Å². The molecule has 5 nitrogen and oxygen atoms in total. The van der Waals surface area contributed by atoms with Crippen LogP contribution >= 0.6 is 30.4 Å². The first-order chi connectivity index (χ1) is 6.57. The van der Waals surface area contributed by atoms with Crippen LogP contribution in [0.4, 0.5) is 0 Å². The zero-order chi connectivity index (χ0) is 10.2. The molecule has 7 heteroatoms. The van der Waals surface area contributed by atoms with Gasteiger partial charge >= 0.3 is 7.82 Å². The summed E-state index contributed by atoms with van der Waals surface area (Å²) >= 11 is 2.21. The fourth-order valence-electron chi connectivity index (χ4n) is 1.69. The molecule has 0 aromatic carbocycles. The molecule has 0 amide bonds. The fourth-order valence-corrected chi connectivity index (χ4v) is 3.40. The molecule has 4 unspecified atom stereocenters. The van der Waals surface area contributed by atoms with Gasteiger partial charge in [-0.15, -0.1) is 0 Å². The Hall–Kier alpha value is 0.800. The number of halogens is 1. The molecule has 2 heterocycles. The lowest BCUT2D eigenvalue weighted by atomic mass is 10.1.